The minimum Gasteiger partial charge on any atom is -0.507 e. The fourth-order valence-electron chi connectivity index (χ4n) is 1.34. The van der Waals surface area contributed by atoms with Crippen LogP contribution in [0.15, 0.2) is 30.5 Å². The summed E-state index contributed by atoms with van der Waals surface area (Å²) in [6.45, 7) is 1.95. The molecule has 2 aromatic rings. The molecule has 0 aliphatic heterocycles. The molecule has 0 radical (unpaired) electrons. The minimum absolute atomic E-state index is 0.174. The zero-order valence-electron chi connectivity index (χ0n) is 8.11. The Balaban J connectivity index is 2.58. The van der Waals surface area contributed by atoms with E-state index in [1.807, 2.05) is 19.1 Å². The Hall–Kier alpha value is -1.61. The van der Waals surface area contributed by atoms with Crippen molar-refractivity contribution in [3.63, 3.8) is 0 Å². The zero-order chi connectivity index (χ0) is 10.8. The van der Waals surface area contributed by atoms with Gasteiger partial charge in [-0.3, -0.25) is 0 Å². The lowest BCUT2D eigenvalue weighted by atomic mass is 10.1. The highest BCUT2D eigenvalue weighted by Gasteiger charge is 2.06. The van der Waals surface area contributed by atoms with Crippen molar-refractivity contribution in [1.29, 1.82) is 0 Å². The van der Waals surface area contributed by atoms with Crippen molar-refractivity contribution >= 4 is 11.6 Å². The summed E-state index contributed by atoms with van der Waals surface area (Å²) in [5, 5.41) is 9.85. The molecule has 0 aliphatic carbocycles. The van der Waals surface area contributed by atoms with Gasteiger partial charge in [-0.2, -0.15) is 0 Å². The predicted molar refractivity (Wildman–Crippen MR) is 58.9 cm³/mol. The first-order valence-corrected chi connectivity index (χ1v) is 4.83. The summed E-state index contributed by atoms with van der Waals surface area (Å²) in [6.07, 6.45) is 1.56. The van der Waals surface area contributed by atoms with E-state index in [2.05, 4.69) is 9.97 Å². The maximum atomic E-state index is 9.68. The van der Waals surface area contributed by atoms with Crippen LogP contribution in [0.4, 0.5) is 0 Å². The highest BCUT2D eigenvalue weighted by Crippen LogP contribution is 2.28. The third-order valence-corrected chi connectivity index (χ3v) is 2.24. The highest BCUT2D eigenvalue weighted by molar-refractivity contribution is 6.28. The summed E-state index contributed by atoms with van der Waals surface area (Å²) < 4.78 is 0. The second kappa shape index (κ2) is 3.87. The molecule has 0 amide bonds. The van der Waals surface area contributed by atoms with Crippen molar-refractivity contribution in [2.45, 2.75) is 6.92 Å². The number of phenolic OH excluding ortho intramolecular Hbond substituents is 1. The van der Waals surface area contributed by atoms with E-state index in [1.165, 1.54) is 0 Å². The number of aromatic nitrogens is 2. The average molecular weight is 221 g/mol. The number of rotatable bonds is 1. The number of aromatic hydroxyl groups is 1. The van der Waals surface area contributed by atoms with Crippen molar-refractivity contribution in [1.82, 2.24) is 9.97 Å². The van der Waals surface area contributed by atoms with Crippen LogP contribution in [0.2, 0.25) is 5.28 Å². The molecule has 1 aromatic carbocycles. The van der Waals surface area contributed by atoms with Gasteiger partial charge >= 0.3 is 0 Å². The second-order valence-corrected chi connectivity index (χ2v) is 3.57. The Bertz CT molecular complexity index is 500. The molecule has 0 aliphatic rings. The van der Waals surface area contributed by atoms with E-state index in [-0.39, 0.29) is 11.0 Å². The standard InChI is InChI=1S/C11H9ClN2O/c1-7-2-3-10(15)8(6-7)9-4-5-13-11(12)14-9/h2-6,15H,1H3. The number of nitrogens with zero attached hydrogens (tertiary/aromatic N) is 2. The van der Waals surface area contributed by atoms with Crippen molar-refractivity contribution in [2.24, 2.45) is 0 Å². The molecular weight excluding hydrogens is 212 g/mol. The van der Waals surface area contributed by atoms with E-state index in [0.717, 1.165) is 5.56 Å². The van der Waals surface area contributed by atoms with E-state index in [0.29, 0.717) is 11.3 Å². The Morgan fingerprint density at radius 1 is 1.27 bits per heavy atom. The molecule has 1 N–H and O–H groups in total. The van der Waals surface area contributed by atoms with Crippen LogP contribution in [0.3, 0.4) is 0 Å². The number of hydrogen-bond acceptors (Lipinski definition) is 3. The van der Waals surface area contributed by atoms with Crippen molar-refractivity contribution in [3.8, 4) is 17.0 Å². The summed E-state index contributed by atoms with van der Waals surface area (Å²) in [7, 11) is 0. The fraction of sp³-hybridized carbons (Fsp3) is 0.0909. The molecule has 0 bridgehead atoms. The van der Waals surface area contributed by atoms with Gasteiger partial charge in [0.1, 0.15) is 5.75 Å². The van der Waals surface area contributed by atoms with Crippen LogP contribution in [0.5, 0.6) is 5.75 Å². The number of aryl methyl sites for hydroxylation is 1. The number of hydrogen-bond donors (Lipinski definition) is 1. The van der Waals surface area contributed by atoms with Crippen LogP contribution in [0.25, 0.3) is 11.3 Å². The molecule has 0 saturated carbocycles. The van der Waals surface area contributed by atoms with Crippen LogP contribution in [0.1, 0.15) is 5.56 Å². The topological polar surface area (TPSA) is 46.0 Å². The first kappa shape index (κ1) is 9.93. The molecule has 1 aromatic heterocycles. The van der Waals surface area contributed by atoms with Gasteiger partial charge in [-0.15, -0.1) is 0 Å². The van der Waals surface area contributed by atoms with E-state index in [4.69, 9.17) is 11.6 Å². The van der Waals surface area contributed by atoms with Crippen LogP contribution in [-0.4, -0.2) is 15.1 Å². The van der Waals surface area contributed by atoms with Gasteiger partial charge in [0.25, 0.3) is 0 Å². The molecular formula is C11H9ClN2O. The summed E-state index contributed by atoms with van der Waals surface area (Å²) in [5.41, 5.74) is 2.34. The molecule has 0 saturated heterocycles. The molecule has 4 heteroatoms. The van der Waals surface area contributed by atoms with Crippen LogP contribution >= 0.6 is 11.6 Å². The number of halogens is 1. The summed E-state index contributed by atoms with van der Waals surface area (Å²) in [6, 6.07) is 7.04. The molecule has 76 valence electrons. The fourth-order valence-corrected chi connectivity index (χ4v) is 1.49. The van der Waals surface area contributed by atoms with Crippen LogP contribution in [-0.2, 0) is 0 Å². The monoisotopic (exact) mass is 220 g/mol. The first-order chi connectivity index (χ1) is 7.16. The van der Waals surface area contributed by atoms with Gasteiger partial charge in [0.2, 0.25) is 5.28 Å². The van der Waals surface area contributed by atoms with Crippen LogP contribution < -0.4 is 0 Å². The number of phenols is 1. The van der Waals surface area contributed by atoms with E-state index < -0.39 is 0 Å². The molecule has 1 heterocycles. The molecule has 2 rings (SSSR count). The van der Waals surface area contributed by atoms with Crippen molar-refractivity contribution in [3.05, 3.63) is 41.3 Å². The molecule has 0 atom stereocenters. The molecule has 0 fully saturated rings. The summed E-state index contributed by atoms with van der Waals surface area (Å²) in [4.78, 5) is 7.83. The van der Waals surface area contributed by atoms with Crippen molar-refractivity contribution < 1.29 is 5.11 Å². The maximum Gasteiger partial charge on any atom is 0.222 e. The van der Waals surface area contributed by atoms with E-state index in [1.54, 1.807) is 18.3 Å². The normalized spacial score (nSPS) is 10.3. The molecule has 3 nitrogen and oxygen atoms in total. The highest BCUT2D eigenvalue weighted by atomic mass is 35.5. The first-order valence-electron chi connectivity index (χ1n) is 4.45. The van der Waals surface area contributed by atoms with Gasteiger partial charge in [-0.1, -0.05) is 11.6 Å². The lowest BCUT2D eigenvalue weighted by Crippen LogP contribution is -1.87. The lowest BCUT2D eigenvalue weighted by Gasteiger charge is -2.04. The van der Waals surface area contributed by atoms with Gasteiger partial charge in [-0.25, -0.2) is 9.97 Å². The Morgan fingerprint density at radius 3 is 2.80 bits per heavy atom. The van der Waals surface area contributed by atoms with Gasteiger partial charge in [-0.05, 0) is 36.7 Å². The average Bonchev–Trinajstić information content (AvgIpc) is 2.22. The number of benzene rings is 1. The molecule has 0 spiro atoms. The molecule has 15 heavy (non-hydrogen) atoms. The second-order valence-electron chi connectivity index (χ2n) is 3.23. The van der Waals surface area contributed by atoms with Gasteiger partial charge in [0, 0.05) is 11.8 Å². The largest absolute Gasteiger partial charge is 0.507 e. The zero-order valence-corrected chi connectivity index (χ0v) is 8.86. The third kappa shape index (κ3) is 2.07. The Labute approximate surface area is 92.4 Å². The third-order valence-electron chi connectivity index (χ3n) is 2.05. The van der Waals surface area contributed by atoms with Crippen molar-refractivity contribution in [2.75, 3.05) is 0 Å². The minimum atomic E-state index is 0.174. The van der Waals surface area contributed by atoms with Gasteiger partial charge in [0.05, 0.1) is 5.69 Å². The van der Waals surface area contributed by atoms with Gasteiger partial charge < -0.3 is 5.11 Å². The summed E-state index contributed by atoms with van der Waals surface area (Å²) in [5.74, 6) is 0.190. The Kier molecular flexibility index (Phi) is 2.56. The summed E-state index contributed by atoms with van der Waals surface area (Å²) >= 11 is 5.68. The quantitative estimate of drug-likeness (QED) is 0.752. The molecule has 0 unspecified atom stereocenters. The maximum absolute atomic E-state index is 9.68. The smallest absolute Gasteiger partial charge is 0.222 e. The SMILES string of the molecule is Cc1ccc(O)c(-c2ccnc(Cl)n2)c1. The Morgan fingerprint density at radius 2 is 2.07 bits per heavy atom. The van der Waals surface area contributed by atoms with Crippen LogP contribution in [0, 0.1) is 6.92 Å². The van der Waals surface area contributed by atoms with E-state index in [9.17, 15) is 5.11 Å². The lowest BCUT2D eigenvalue weighted by molar-refractivity contribution is 0.477. The van der Waals surface area contributed by atoms with Gasteiger partial charge in [0.15, 0.2) is 0 Å². The van der Waals surface area contributed by atoms with E-state index >= 15 is 0 Å². The predicted octanol–water partition coefficient (Wildman–Crippen LogP) is 2.81.